The molecule has 0 spiro atoms. The maximum atomic E-state index is 12.6. The Morgan fingerprint density at radius 1 is 0.755 bits per heavy atom. The van der Waals surface area contributed by atoms with Gasteiger partial charge in [-0.1, -0.05) is 6.08 Å². The van der Waals surface area contributed by atoms with Gasteiger partial charge in [-0.25, -0.2) is 4.79 Å². The Hall–Kier alpha value is -1.27. The minimum atomic E-state index is -1.64. The number of esters is 1. The standard InChI is InChI=1S/C35H56O14/c1-16-10-21-28-22(46-16)13-20(37)14-23(28)47-33(18-11-24(43-2)29(39)25(12-18)44-3)34(21)49-35-32(42)31(41)30(40)26(48-35)15-45-27(38)9-6-17-4-7-19(36)8-5-17/h6,9,16-26,28-37,39-42H,4-5,7-8,10-15H2,1-3H3. The van der Waals surface area contributed by atoms with Gasteiger partial charge < -0.3 is 63.8 Å². The summed E-state index contributed by atoms with van der Waals surface area (Å²) in [7, 11) is 3.08. The first-order valence-electron chi connectivity index (χ1n) is 18.1. The summed E-state index contributed by atoms with van der Waals surface area (Å²) in [6, 6.07) is 0. The Morgan fingerprint density at radius 3 is 2.06 bits per heavy atom. The molecule has 0 radical (unpaired) electrons. The Labute approximate surface area is 287 Å². The fraction of sp³-hybridized carbons (Fsp3) is 0.914. The number of aliphatic hydroxyl groups excluding tert-OH is 6. The molecule has 3 aliphatic heterocycles. The molecule has 49 heavy (non-hydrogen) atoms. The maximum Gasteiger partial charge on any atom is 0.330 e. The number of aliphatic hydroxyl groups is 6. The van der Waals surface area contributed by atoms with Crippen LogP contribution in [0, 0.1) is 23.7 Å². The average Bonchev–Trinajstić information content (AvgIpc) is 3.08. The Balaban J connectivity index is 1.20. The van der Waals surface area contributed by atoms with E-state index in [-0.39, 0.29) is 54.7 Å². The van der Waals surface area contributed by atoms with E-state index < -0.39 is 73.3 Å². The Morgan fingerprint density at radius 2 is 1.41 bits per heavy atom. The van der Waals surface area contributed by atoms with Crippen LogP contribution in [0.4, 0.5) is 0 Å². The number of carbonyl (C=O) groups is 1. The summed E-state index contributed by atoms with van der Waals surface area (Å²) >= 11 is 0. The van der Waals surface area contributed by atoms with E-state index in [0.29, 0.717) is 44.9 Å². The van der Waals surface area contributed by atoms with Crippen molar-refractivity contribution in [3.8, 4) is 0 Å². The van der Waals surface area contributed by atoms with E-state index in [1.165, 1.54) is 6.08 Å². The van der Waals surface area contributed by atoms with Gasteiger partial charge in [-0.15, -0.1) is 0 Å². The van der Waals surface area contributed by atoms with Crippen LogP contribution >= 0.6 is 0 Å². The van der Waals surface area contributed by atoms with Crippen LogP contribution in [0.1, 0.15) is 64.7 Å². The van der Waals surface area contributed by atoms with Gasteiger partial charge in [0.1, 0.15) is 37.1 Å². The fourth-order valence-corrected chi connectivity index (χ4v) is 9.35. The zero-order valence-corrected chi connectivity index (χ0v) is 28.6. The molecule has 3 saturated carbocycles. The lowest BCUT2D eigenvalue weighted by Crippen LogP contribution is -2.66. The van der Waals surface area contributed by atoms with Gasteiger partial charge in [0.25, 0.3) is 0 Å². The molecular formula is C35H56O14. The van der Waals surface area contributed by atoms with Crippen molar-refractivity contribution < 1.29 is 68.6 Å². The van der Waals surface area contributed by atoms with Crippen molar-refractivity contribution >= 4 is 5.97 Å². The molecule has 15 unspecified atom stereocenters. The van der Waals surface area contributed by atoms with Gasteiger partial charge in [0, 0.05) is 26.2 Å². The van der Waals surface area contributed by atoms with Crippen LogP contribution in [-0.2, 0) is 38.0 Å². The second-order valence-corrected chi connectivity index (χ2v) is 15.2. The number of ether oxygens (including phenoxy) is 7. The largest absolute Gasteiger partial charge is 0.460 e. The molecule has 3 aliphatic carbocycles. The van der Waals surface area contributed by atoms with Gasteiger partial charge in [0.15, 0.2) is 6.29 Å². The van der Waals surface area contributed by atoms with Crippen LogP contribution in [0.25, 0.3) is 0 Å². The molecule has 14 nitrogen and oxygen atoms in total. The molecule has 0 bridgehead atoms. The minimum Gasteiger partial charge on any atom is -0.460 e. The Bertz CT molecular complexity index is 1100. The molecule has 6 rings (SSSR count). The van der Waals surface area contributed by atoms with Crippen LogP contribution in [0.3, 0.4) is 0 Å². The molecule has 15 atom stereocenters. The molecular weight excluding hydrogens is 644 g/mol. The van der Waals surface area contributed by atoms with Crippen molar-refractivity contribution in [2.24, 2.45) is 23.7 Å². The van der Waals surface area contributed by atoms with Crippen LogP contribution in [0.15, 0.2) is 12.2 Å². The summed E-state index contributed by atoms with van der Waals surface area (Å²) in [6.45, 7) is 1.60. The van der Waals surface area contributed by atoms with Gasteiger partial charge in [-0.2, -0.15) is 0 Å². The molecule has 6 N–H and O–H groups in total. The number of hydrogen-bond donors (Lipinski definition) is 6. The second kappa shape index (κ2) is 16.2. The third-order valence-electron chi connectivity index (χ3n) is 11.9. The molecule has 6 fully saturated rings. The third-order valence-corrected chi connectivity index (χ3v) is 11.9. The zero-order valence-electron chi connectivity index (χ0n) is 28.6. The highest BCUT2D eigenvalue weighted by Crippen LogP contribution is 2.51. The van der Waals surface area contributed by atoms with Crippen LogP contribution in [0.2, 0.25) is 0 Å². The normalized spacial score (nSPS) is 50.5. The van der Waals surface area contributed by atoms with Crippen molar-refractivity contribution in [3.05, 3.63) is 12.2 Å². The van der Waals surface area contributed by atoms with E-state index in [0.717, 1.165) is 12.8 Å². The lowest BCUT2D eigenvalue weighted by atomic mass is 9.64. The first-order chi connectivity index (χ1) is 23.5. The van der Waals surface area contributed by atoms with Gasteiger partial charge in [0.05, 0.1) is 54.9 Å². The molecule has 3 heterocycles. The third kappa shape index (κ3) is 8.21. The molecule has 3 saturated heterocycles. The number of allylic oxidation sites excluding steroid dienone is 1. The molecule has 0 aromatic carbocycles. The van der Waals surface area contributed by atoms with E-state index in [4.69, 9.17) is 33.2 Å². The van der Waals surface area contributed by atoms with E-state index in [9.17, 15) is 35.4 Å². The van der Waals surface area contributed by atoms with Crippen LogP contribution in [0.5, 0.6) is 0 Å². The number of methoxy groups -OCH3 is 2. The van der Waals surface area contributed by atoms with Crippen molar-refractivity contribution in [3.63, 3.8) is 0 Å². The fourth-order valence-electron chi connectivity index (χ4n) is 9.35. The summed E-state index contributed by atoms with van der Waals surface area (Å²) in [5, 5.41) is 64.2. The van der Waals surface area contributed by atoms with Gasteiger partial charge in [0.2, 0.25) is 0 Å². The molecule has 14 heteroatoms. The minimum absolute atomic E-state index is 0.0984. The van der Waals surface area contributed by atoms with Crippen molar-refractivity contribution in [1.29, 1.82) is 0 Å². The lowest BCUT2D eigenvalue weighted by Gasteiger charge is -2.58. The molecule has 0 aromatic heterocycles. The smallest absolute Gasteiger partial charge is 0.330 e. The van der Waals surface area contributed by atoms with E-state index in [1.807, 2.05) is 6.92 Å². The predicted molar refractivity (Wildman–Crippen MR) is 170 cm³/mol. The second-order valence-electron chi connectivity index (χ2n) is 15.2. The highest BCUT2D eigenvalue weighted by Gasteiger charge is 2.59. The zero-order chi connectivity index (χ0) is 35.0. The van der Waals surface area contributed by atoms with E-state index in [2.05, 4.69) is 0 Å². The van der Waals surface area contributed by atoms with Gasteiger partial charge in [-0.05, 0) is 82.5 Å². The summed E-state index contributed by atoms with van der Waals surface area (Å²) in [6.07, 6.45) is -3.65. The summed E-state index contributed by atoms with van der Waals surface area (Å²) in [5.41, 5.74) is 0. The number of rotatable bonds is 9. The molecule has 6 aliphatic rings. The molecule has 0 aromatic rings. The topological polar surface area (TPSA) is 203 Å². The maximum absolute atomic E-state index is 12.6. The lowest BCUT2D eigenvalue weighted by molar-refractivity contribution is -0.351. The number of carbonyl (C=O) groups excluding carboxylic acids is 1. The van der Waals surface area contributed by atoms with Crippen molar-refractivity contribution in [2.45, 2.75) is 156 Å². The van der Waals surface area contributed by atoms with Crippen LogP contribution < -0.4 is 0 Å². The molecule has 280 valence electrons. The SMILES string of the molecule is COC1CC(C2OC3CC(O)CC4OC(C)CC(C2OC2OC(COC(=O)C=CC5CCC(O)CC5)C(O)C(O)C2O)C43)CC(OC)C1O. The highest BCUT2D eigenvalue weighted by molar-refractivity contribution is 5.81. The van der Waals surface area contributed by atoms with Crippen molar-refractivity contribution in [1.82, 2.24) is 0 Å². The summed E-state index contributed by atoms with van der Waals surface area (Å²) in [5.74, 6) is -0.890. The summed E-state index contributed by atoms with van der Waals surface area (Å²) < 4.78 is 42.6. The first kappa shape index (κ1) is 37.5. The monoisotopic (exact) mass is 700 g/mol. The Kier molecular flexibility index (Phi) is 12.4. The predicted octanol–water partition coefficient (Wildman–Crippen LogP) is -0.0375. The van der Waals surface area contributed by atoms with Crippen LogP contribution in [-0.4, -0.2) is 149 Å². The quantitative estimate of drug-likeness (QED) is 0.138. The van der Waals surface area contributed by atoms with E-state index >= 15 is 0 Å². The average molecular weight is 701 g/mol. The first-order valence-corrected chi connectivity index (χ1v) is 18.1. The highest BCUT2D eigenvalue weighted by atomic mass is 16.7. The summed E-state index contributed by atoms with van der Waals surface area (Å²) in [4.78, 5) is 12.6. The number of hydrogen-bond acceptors (Lipinski definition) is 14. The van der Waals surface area contributed by atoms with E-state index in [1.54, 1.807) is 20.3 Å². The molecule has 0 amide bonds. The van der Waals surface area contributed by atoms with Crippen molar-refractivity contribution in [2.75, 3.05) is 20.8 Å². The van der Waals surface area contributed by atoms with Gasteiger partial charge >= 0.3 is 5.97 Å². The van der Waals surface area contributed by atoms with Gasteiger partial charge in [-0.3, -0.25) is 0 Å².